The average molecular weight is 475 g/mol. The van der Waals surface area contributed by atoms with Gasteiger partial charge in [-0.2, -0.15) is 5.26 Å². The van der Waals surface area contributed by atoms with E-state index in [0.29, 0.717) is 43.0 Å². The topological polar surface area (TPSA) is 97.5 Å². The first-order chi connectivity index (χ1) is 17.0. The summed E-state index contributed by atoms with van der Waals surface area (Å²) < 4.78 is 19.0. The van der Waals surface area contributed by atoms with Crippen LogP contribution in [0.2, 0.25) is 0 Å². The van der Waals surface area contributed by atoms with E-state index < -0.39 is 0 Å². The monoisotopic (exact) mass is 474 g/mol. The van der Waals surface area contributed by atoms with Crippen molar-refractivity contribution in [3.63, 3.8) is 0 Å². The third-order valence-electron chi connectivity index (χ3n) is 6.49. The molecule has 5 rings (SSSR count). The quantitative estimate of drug-likeness (QED) is 0.491. The van der Waals surface area contributed by atoms with Crippen LogP contribution in [-0.2, 0) is 9.47 Å². The van der Waals surface area contributed by atoms with Crippen LogP contribution in [0, 0.1) is 11.3 Å². The molecule has 1 saturated heterocycles. The van der Waals surface area contributed by atoms with Gasteiger partial charge in [-0.1, -0.05) is 12.1 Å². The van der Waals surface area contributed by atoms with Gasteiger partial charge in [0.15, 0.2) is 0 Å². The third kappa shape index (κ3) is 4.83. The summed E-state index contributed by atoms with van der Waals surface area (Å²) in [6.45, 7) is 5.06. The van der Waals surface area contributed by atoms with Crippen molar-refractivity contribution in [2.45, 2.75) is 51.3 Å². The molecule has 0 spiro atoms. The lowest BCUT2D eigenvalue weighted by molar-refractivity contribution is 0.0320. The average Bonchev–Trinajstić information content (AvgIpc) is 3.43. The maximum atomic E-state index is 12.1. The van der Waals surface area contributed by atoms with Gasteiger partial charge in [-0.25, -0.2) is 4.79 Å². The van der Waals surface area contributed by atoms with Crippen LogP contribution in [0.15, 0.2) is 42.5 Å². The SMILES string of the molecule is CC(C)NC(=O)Nc1ccc(-c2c(C#N)c3cc(OCC4COCO4)ccc3n2C2CCC2)cc1. The van der Waals surface area contributed by atoms with Gasteiger partial charge >= 0.3 is 6.03 Å². The number of nitrogens with one attached hydrogen (secondary N) is 2. The Morgan fingerprint density at radius 2 is 2.03 bits per heavy atom. The van der Waals surface area contributed by atoms with E-state index in [2.05, 4.69) is 21.3 Å². The molecule has 1 aliphatic carbocycles. The highest BCUT2D eigenvalue weighted by molar-refractivity contribution is 5.96. The molecular weight excluding hydrogens is 444 g/mol. The molecule has 1 saturated carbocycles. The van der Waals surface area contributed by atoms with Crippen molar-refractivity contribution >= 4 is 22.6 Å². The maximum Gasteiger partial charge on any atom is 0.319 e. The number of anilines is 1. The van der Waals surface area contributed by atoms with Crippen LogP contribution in [0.1, 0.15) is 44.7 Å². The number of hydrogen-bond acceptors (Lipinski definition) is 5. The fraction of sp³-hybridized carbons (Fsp3) is 0.407. The highest BCUT2D eigenvalue weighted by Crippen LogP contribution is 2.43. The summed E-state index contributed by atoms with van der Waals surface area (Å²) in [6, 6.07) is 16.3. The number of amides is 2. The molecule has 2 fully saturated rings. The highest BCUT2D eigenvalue weighted by Gasteiger charge is 2.28. The Labute approximate surface area is 204 Å². The number of aromatic nitrogens is 1. The minimum atomic E-state index is -0.240. The van der Waals surface area contributed by atoms with Crippen molar-refractivity contribution < 1.29 is 19.0 Å². The summed E-state index contributed by atoms with van der Waals surface area (Å²) in [6.07, 6.45) is 3.29. The van der Waals surface area contributed by atoms with Crippen LogP contribution in [0.5, 0.6) is 5.75 Å². The van der Waals surface area contributed by atoms with E-state index in [1.165, 1.54) is 6.42 Å². The minimum Gasteiger partial charge on any atom is -0.491 e. The zero-order valence-corrected chi connectivity index (χ0v) is 20.0. The first kappa shape index (κ1) is 23.2. The Morgan fingerprint density at radius 1 is 1.23 bits per heavy atom. The van der Waals surface area contributed by atoms with Crippen LogP contribution in [0.25, 0.3) is 22.2 Å². The molecule has 35 heavy (non-hydrogen) atoms. The van der Waals surface area contributed by atoms with Crippen molar-refractivity contribution in [1.82, 2.24) is 9.88 Å². The molecular formula is C27H30N4O4. The van der Waals surface area contributed by atoms with E-state index in [1.54, 1.807) is 0 Å². The van der Waals surface area contributed by atoms with Crippen LogP contribution < -0.4 is 15.4 Å². The Balaban J connectivity index is 1.48. The summed E-state index contributed by atoms with van der Waals surface area (Å²) in [5.74, 6) is 0.706. The molecule has 182 valence electrons. The maximum absolute atomic E-state index is 12.1. The second kappa shape index (κ2) is 9.98. The molecule has 8 heteroatoms. The van der Waals surface area contributed by atoms with Crippen LogP contribution in [0.4, 0.5) is 10.5 Å². The molecule has 3 aromatic rings. The standard InChI is InChI=1S/C27H30N4O4/c1-17(2)29-27(32)30-19-8-6-18(7-9-19)26-24(13-28)23-12-21(34-15-22-14-33-16-35-22)10-11-25(23)31(26)20-4-3-5-20/h6-12,17,20,22H,3-5,14-16H2,1-2H3,(H2,29,30,32). The number of benzene rings is 2. The number of hydrogen-bond donors (Lipinski definition) is 2. The molecule has 2 aliphatic rings. The highest BCUT2D eigenvalue weighted by atomic mass is 16.7. The lowest BCUT2D eigenvalue weighted by Crippen LogP contribution is -2.34. The Kier molecular flexibility index (Phi) is 6.62. The molecule has 0 radical (unpaired) electrons. The van der Waals surface area contributed by atoms with Crippen LogP contribution in [-0.4, -0.2) is 42.8 Å². The van der Waals surface area contributed by atoms with Gasteiger partial charge < -0.3 is 29.4 Å². The molecule has 8 nitrogen and oxygen atoms in total. The predicted molar refractivity (Wildman–Crippen MR) is 133 cm³/mol. The predicted octanol–water partition coefficient (Wildman–Crippen LogP) is 5.19. The molecule has 2 heterocycles. The Bertz CT molecular complexity index is 1250. The fourth-order valence-electron chi connectivity index (χ4n) is 4.60. The lowest BCUT2D eigenvalue weighted by Gasteiger charge is -2.30. The van der Waals surface area contributed by atoms with Gasteiger partial charge in [0.25, 0.3) is 0 Å². The van der Waals surface area contributed by atoms with Crippen LogP contribution >= 0.6 is 0 Å². The van der Waals surface area contributed by atoms with E-state index in [9.17, 15) is 10.1 Å². The van der Waals surface area contributed by atoms with E-state index in [1.807, 2.05) is 56.3 Å². The second-order valence-corrected chi connectivity index (χ2v) is 9.39. The Hall–Kier alpha value is -3.54. The fourth-order valence-corrected chi connectivity index (χ4v) is 4.60. The normalized spacial score (nSPS) is 17.8. The van der Waals surface area contributed by atoms with Gasteiger partial charge in [-0.15, -0.1) is 0 Å². The van der Waals surface area contributed by atoms with Crippen LogP contribution in [0.3, 0.4) is 0 Å². The number of ether oxygens (including phenoxy) is 3. The van der Waals surface area contributed by atoms with Gasteiger partial charge in [0.2, 0.25) is 0 Å². The van der Waals surface area contributed by atoms with Gasteiger partial charge in [-0.3, -0.25) is 0 Å². The summed E-state index contributed by atoms with van der Waals surface area (Å²) in [7, 11) is 0. The summed E-state index contributed by atoms with van der Waals surface area (Å²) in [5.41, 5.74) is 4.22. The molecule has 2 N–H and O–H groups in total. The van der Waals surface area contributed by atoms with E-state index in [0.717, 1.165) is 35.0 Å². The zero-order chi connectivity index (χ0) is 24.4. The molecule has 1 unspecified atom stereocenters. The molecule has 2 aromatic carbocycles. The largest absolute Gasteiger partial charge is 0.491 e. The number of carbonyl (C=O) groups is 1. The summed E-state index contributed by atoms with van der Waals surface area (Å²) in [5, 5.41) is 16.8. The second-order valence-electron chi connectivity index (χ2n) is 9.39. The summed E-state index contributed by atoms with van der Waals surface area (Å²) in [4.78, 5) is 12.1. The number of carbonyl (C=O) groups excluding carboxylic acids is 1. The van der Waals surface area contributed by atoms with Gasteiger partial charge in [0.1, 0.15) is 31.3 Å². The van der Waals surface area contributed by atoms with Crippen molar-refractivity contribution in [3.8, 4) is 23.1 Å². The molecule has 1 aromatic heterocycles. The number of nitrogens with zero attached hydrogens (tertiary/aromatic N) is 2. The van der Waals surface area contributed by atoms with Gasteiger partial charge in [0.05, 0.1) is 23.4 Å². The number of nitriles is 1. The minimum absolute atomic E-state index is 0.0542. The van der Waals surface area contributed by atoms with E-state index in [-0.39, 0.29) is 18.2 Å². The smallest absolute Gasteiger partial charge is 0.319 e. The van der Waals surface area contributed by atoms with Crippen molar-refractivity contribution in [2.24, 2.45) is 0 Å². The molecule has 1 atom stereocenters. The third-order valence-corrected chi connectivity index (χ3v) is 6.49. The molecule has 2 amide bonds. The van der Waals surface area contributed by atoms with Crippen molar-refractivity contribution in [1.29, 1.82) is 5.26 Å². The van der Waals surface area contributed by atoms with Gasteiger partial charge in [0, 0.05) is 23.2 Å². The van der Waals surface area contributed by atoms with Gasteiger partial charge in [-0.05, 0) is 69.0 Å². The molecule has 0 bridgehead atoms. The number of urea groups is 1. The van der Waals surface area contributed by atoms with Crippen molar-refractivity contribution in [3.05, 3.63) is 48.0 Å². The van der Waals surface area contributed by atoms with Crippen molar-refractivity contribution in [2.75, 3.05) is 25.3 Å². The summed E-state index contributed by atoms with van der Waals surface area (Å²) >= 11 is 0. The Morgan fingerprint density at radius 3 is 2.66 bits per heavy atom. The molecule has 1 aliphatic heterocycles. The lowest BCUT2D eigenvalue weighted by atomic mass is 9.92. The first-order valence-corrected chi connectivity index (χ1v) is 12.1. The number of rotatable bonds is 7. The zero-order valence-electron chi connectivity index (χ0n) is 20.0. The first-order valence-electron chi connectivity index (χ1n) is 12.1. The number of fused-ring (bicyclic) bond motifs is 1. The van der Waals surface area contributed by atoms with E-state index >= 15 is 0 Å². The van der Waals surface area contributed by atoms with E-state index in [4.69, 9.17) is 14.2 Å².